The average Bonchev–Trinajstić information content (AvgIpc) is 2.82. The quantitative estimate of drug-likeness (QED) is 0.226. The molecule has 0 saturated heterocycles. The summed E-state index contributed by atoms with van der Waals surface area (Å²) in [5.74, 6) is -4.01. The second-order valence-corrected chi connectivity index (χ2v) is 7.27. The average molecular weight is 462 g/mol. The van der Waals surface area contributed by atoms with Gasteiger partial charge in [-0.15, -0.1) is 0 Å². The molecule has 0 amide bonds. The SMILES string of the molecule is CCOC(=O)c1c(-c2ccccc2)nc(=O)n(Cc2ccc(C(O)=CC(=O)C(=O)O)cc2)c1C. The topological polar surface area (TPSA) is 136 Å². The highest BCUT2D eigenvalue weighted by molar-refractivity contribution is 6.38. The van der Waals surface area contributed by atoms with Crippen LogP contribution in [0.5, 0.6) is 0 Å². The smallest absolute Gasteiger partial charge is 0.376 e. The number of aromatic nitrogens is 2. The number of benzene rings is 2. The first kappa shape index (κ1) is 24.1. The number of aliphatic carboxylic acids is 1. The summed E-state index contributed by atoms with van der Waals surface area (Å²) in [6.07, 6.45) is 0.615. The number of carboxylic acid groups (broad SMARTS) is 1. The zero-order valence-electron chi connectivity index (χ0n) is 18.5. The Morgan fingerprint density at radius 1 is 1.03 bits per heavy atom. The lowest BCUT2D eigenvalue weighted by Crippen LogP contribution is -2.29. The van der Waals surface area contributed by atoms with Crippen LogP contribution in [0.2, 0.25) is 0 Å². The summed E-state index contributed by atoms with van der Waals surface area (Å²) in [6, 6.07) is 15.0. The van der Waals surface area contributed by atoms with E-state index in [2.05, 4.69) is 4.98 Å². The van der Waals surface area contributed by atoms with Crippen molar-refractivity contribution in [3.63, 3.8) is 0 Å². The molecular weight excluding hydrogens is 440 g/mol. The second-order valence-electron chi connectivity index (χ2n) is 7.27. The summed E-state index contributed by atoms with van der Waals surface area (Å²) < 4.78 is 6.55. The molecule has 34 heavy (non-hydrogen) atoms. The molecule has 174 valence electrons. The molecule has 1 heterocycles. The van der Waals surface area contributed by atoms with Crippen molar-refractivity contribution in [2.45, 2.75) is 20.4 Å². The summed E-state index contributed by atoms with van der Waals surface area (Å²) in [4.78, 5) is 51.7. The van der Waals surface area contributed by atoms with Gasteiger partial charge in [0.05, 0.1) is 18.8 Å². The Kier molecular flexibility index (Phi) is 7.37. The molecule has 2 aromatic carbocycles. The van der Waals surface area contributed by atoms with E-state index in [-0.39, 0.29) is 30.0 Å². The first-order valence-electron chi connectivity index (χ1n) is 10.3. The van der Waals surface area contributed by atoms with Gasteiger partial charge < -0.3 is 14.9 Å². The maximum Gasteiger partial charge on any atom is 0.376 e. The zero-order valence-corrected chi connectivity index (χ0v) is 18.5. The van der Waals surface area contributed by atoms with Crippen LogP contribution in [0, 0.1) is 6.92 Å². The van der Waals surface area contributed by atoms with E-state index in [9.17, 15) is 24.3 Å². The van der Waals surface area contributed by atoms with Gasteiger partial charge in [0.25, 0.3) is 5.78 Å². The number of aliphatic hydroxyl groups is 1. The Morgan fingerprint density at radius 3 is 2.26 bits per heavy atom. The largest absolute Gasteiger partial charge is 0.507 e. The van der Waals surface area contributed by atoms with Crippen LogP contribution < -0.4 is 5.69 Å². The molecule has 0 aliphatic rings. The summed E-state index contributed by atoms with van der Waals surface area (Å²) in [7, 11) is 0. The van der Waals surface area contributed by atoms with E-state index in [0.29, 0.717) is 22.9 Å². The van der Waals surface area contributed by atoms with Gasteiger partial charge in [-0.3, -0.25) is 9.36 Å². The minimum absolute atomic E-state index is 0.0813. The predicted molar refractivity (Wildman–Crippen MR) is 123 cm³/mol. The standard InChI is InChI=1S/C25H22N2O7/c1-3-34-24(32)21-15(2)27(25(33)26-22(21)18-7-5-4-6-8-18)14-16-9-11-17(12-10-16)19(28)13-20(29)23(30)31/h4-13,28H,3,14H2,1-2H3,(H,30,31). The first-order chi connectivity index (χ1) is 16.2. The summed E-state index contributed by atoms with van der Waals surface area (Å²) in [5, 5.41) is 18.6. The van der Waals surface area contributed by atoms with Crippen LogP contribution in [-0.4, -0.2) is 44.1 Å². The molecule has 2 N–H and O–H groups in total. The third-order valence-electron chi connectivity index (χ3n) is 5.04. The maximum absolute atomic E-state index is 12.9. The predicted octanol–water partition coefficient (Wildman–Crippen LogP) is 3.00. The normalized spacial score (nSPS) is 11.2. The number of esters is 1. The molecule has 0 aliphatic heterocycles. The van der Waals surface area contributed by atoms with Crippen LogP contribution in [0.3, 0.4) is 0 Å². The molecule has 0 fully saturated rings. The number of hydrogen-bond acceptors (Lipinski definition) is 7. The van der Waals surface area contributed by atoms with Crippen LogP contribution in [0.15, 0.2) is 65.5 Å². The monoisotopic (exact) mass is 462 g/mol. The van der Waals surface area contributed by atoms with Gasteiger partial charge in [-0.05, 0) is 19.4 Å². The first-order valence-corrected chi connectivity index (χ1v) is 10.3. The third kappa shape index (κ3) is 5.26. The number of rotatable bonds is 8. The zero-order chi connectivity index (χ0) is 24.8. The van der Waals surface area contributed by atoms with Crippen LogP contribution in [0.4, 0.5) is 0 Å². The molecule has 0 unspecified atom stereocenters. The Morgan fingerprint density at radius 2 is 1.68 bits per heavy atom. The number of ketones is 1. The van der Waals surface area contributed by atoms with Crippen molar-refractivity contribution in [1.82, 2.24) is 9.55 Å². The van der Waals surface area contributed by atoms with Crippen molar-refractivity contribution < 1.29 is 29.3 Å². The number of carbonyl (C=O) groups excluding carboxylic acids is 2. The van der Waals surface area contributed by atoms with Gasteiger partial charge in [0, 0.05) is 22.9 Å². The fraction of sp³-hybridized carbons (Fsp3) is 0.160. The van der Waals surface area contributed by atoms with Crippen LogP contribution in [-0.2, 0) is 20.9 Å². The molecule has 0 atom stereocenters. The van der Waals surface area contributed by atoms with Crippen molar-refractivity contribution in [2.24, 2.45) is 0 Å². The highest BCUT2D eigenvalue weighted by Crippen LogP contribution is 2.24. The van der Waals surface area contributed by atoms with Gasteiger partial charge >= 0.3 is 17.6 Å². The minimum Gasteiger partial charge on any atom is -0.507 e. The van der Waals surface area contributed by atoms with E-state index in [1.54, 1.807) is 50.2 Å². The highest BCUT2D eigenvalue weighted by atomic mass is 16.5. The van der Waals surface area contributed by atoms with E-state index < -0.39 is 29.2 Å². The molecule has 1 aromatic heterocycles. The lowest BCUT2D eigenvalue weighted by atomic mass is 10.0. The van der Waals surface area contributed by atoms with Crippen molar-refractivity contribution in [2.75, 3.05) is 6.61 Å². The van der Waals surface area contributed by atoms with Crippen molar-refractivity contribution in [1.29, 1.82) is 0 Å². The lowest BCUT2D eigenvalue weighted by Gasteiger charge is -2.16. The Hall–Kier alpha value is -4.53. The lowest BCUT2D eigenvalue weighted by molar-refractivity contribution is -0.146. The van der Waals surface area contributed by atoms with E-state index in [0.717, 1.165) is 0 Å². The van der Waals surface area contributed by atoms with Crippen LogP contribution in [0.1, 0.15) is 34.1 Å². The molecule has 0 bridgehead atoms. The number of aliphatic hydroxyl groups excluding tert-OH is 1. The number of ether oxygens (including phenoxy) is 1. The van der Waals surface area contributed by atoms with Crippen LogP contribution in [0.25, 0.3) is 17.0 Å². The Bertz CT molecular complexity index is 1320. The van der Waals surface area contributed by atoms with Gasteiger partial charge in [-0.25, -0.2) is 14.4 Å². The number of nitrogens with zero attached hydrogens (tertiary/aromatic N) is 2. The molecule has 0 saturated carbocycles. The van der Waals surface area contributed by atoms with E-state index >= 15 is 0 Å². The summed E-state index contributed by atoms with van der Waals surface area (Å²) in [6.45, 7) is 3.57. The third-order valence-corrected chi connectivity index (χ3v) is 5.04. The molecule has 3 aromatic rings. The van der Waals surface area contributed by atoms with E-state index in [4.69, 9.17) is 9.84 Å². The number of carboxylic acids is 1. The molecule has 9 heteroatoms. The molecular formula is C25H22N2O7. The van der Waals surface area contributed by atoms with Gasteiger partial charge in [-0.1, -0.05) is 54.6 Å². The molecule has 0 spiro atoms. The number of carbonyl (C=O) groups is 3. The van der Waals surface area contributed by atoms with Crippen molar-refractivity contribution >= 4 is 23.5 Å². The molecule has 3 rings (SSSR count). The Labute approximate surface area is 194 Å². The maximum atomic E-state index is 12.9. The number of hydrogen-bond donors (Lipinski definition) is 2. The summed E-state index contributed by atoms with van der Waals surface area (Å²) in [5.41, 5.74) is 1.76. The van der Waals surface area contributed by atoms with E-state index in [1.165, 1.54) is 16.7 Å². The highest BCUT2D eigenvalue weighted by Gasteiger charge is 2.22. The summed E-state index contributed by atoms with van der Waals surface area (Å²) >= 11 is 0. The Balaban J connectivity index is 2.00. The van der Waals surface area contributed by atoms with Crippen molar-refractivity contribution in [3.8, 4) is 11.3 Å². The van der Waals surface area contributed by atoms with Crippen LogP contribution >= 0.6 is 0 Å². The minimum atomic E-state index is -1.68. The van der Waals surface area contributed by atoms with Gasteiger partial charge in [0.1, 0.15) is 11.3 Å². The molecule has 0 radical (unpaired) electrons. The fourth-order valence-electron chi connectivity index (χ4n) is 3.33. The van der Waals surface area contributed by atoms with Gasteiger partial charge in [0.15, 0.2) is 0 Å². The molecule has 9 nitrogen and oxygen atoms in total. The molecule has 0 aliphatic carbocycles. The fourth-order valence-corrected chi connectivity index (χ4v) is 3.33. The van der Waals surface area contributed by atoms with Crippen molar-refractivity contribution in [3.05, 3.63) is 93.5 Å². The van der Waals surface area contributed by atoms with Gasteiger partial charge in [0.2, 0.25) is 0 Å². The van der Waals surface area contributed by atoms with E-state index in [1.807, 2.05) is 6.07 Å². The van der Waals surface area contributed by atoms with Gasteiger partial charge in [-0.2, -0.15) is 4.98 Å². The second kappa shape index (κ2) is 10.4.